The third-order valence-corrected chi connectivity index (χ3v) is 4.75. The van der Waals surface area contributed by atoms with Crippen LogP contribution in [0.2, 0.25) is 5.02 Å². The van der Waals surface area contributed by atoms with E-state index < -0.39 is 0 Å². The lowest BCUT2D eigenvalue weighted by Gasteiger charge is -2.27. The molecule has 1 aliphatic heterocycles. The van der Waals surface area contributed by atoms with E-state index in [1.807, 2.05) is 6.92 Å². The maximum Gasteiger partial charge on any atom is 0.0590 e. The van der Waals surface area contributed by atoms with Crippen LogP contribution in [0.1, 0.15) is 29.3 Å². The van der Waals surface area contributed by atoms with Crippen molar-refractivity contribution in [1.29, 1.82) is 0 Å². The summed E-state index contributed by atoms with van der Waals surface area (Å²) < 4.78 is 5.45. The van der Waals surface area contributed by atoms with Gasteiger partial charge in [0.15, 0.2) is 0 Å². The Balaban J connectivity index is 2.12. The Morgan fingerprint density at radius 3 is 3.00 bits per heavy atom. The van der Waals surface area contributed by atoms with Crippen LogP contribution >= 0.6 is 22.9 Å². The molecular formula is C11H16ClNOS. The van der Waals surface area contributed by atoms with E-state index in [1.165, 1.54) is 0 Å². The number of halogens is 1. The first-order valence-electron chi connectivity index (χ1n) is 5.27. The monoisotopic (exact) mass is 245 g/mol. The zero-order chi connectivity index (χ0) is 10.8. The number of rotatable bonds is 2. The van der Waals surface area contributed by atoms with Crippen LogP contribution in [-0.2, 0) is 4.74 Å². The molecule has 0 aromatic carbocycles. The minimum atomic E-state index is 0.0384. The summed E-state index contributed by atoms with van der Waals surface area (Å²) in [5.41, 5.74) is 7.36. The number of thiophene rings is 1. The van der Waals surface area contributed by atoms with E-state index in [4.69, 9.17) is 22.1 Å². The highest BCUT2D eigenvalue weighted by Gasteiger charge is 2.25. The molecule has 0 spiro atoms. The zero-order valence-electron chi connectivity index (χ0n) is 8.83. The molecule has 1 aromatic rings. The molecule has 2 heterocycles. The summed E-state index contributed by atoms with van der Waals surface area (Å²) in [6, 6.07) is 0.0384. The molecule has 4 heteroatoms. The van der Waals surface area contributed by atoms with Crippen molar-refractivity contribution in [3.63, 3.8) is 0 Å². The Morgan fingerprint density at radius 1 is 1.67 bits per heavy atom. The van der Waals surface area contributed by atoms with Gasteiger partial charge in [0.25, 0.3) is 0 Å². The lowest BCUT2D eigenvalue weighted by molar-refractivity contribution is 0.0452. The van der Waals surface area contributed by atoms with Crippen LogP contribution in [0.15, 0.2) is 5.38 Å². The van der Waals surface area contributed by atoms with Crippen molar-refractivity contribution >= 4 is 22.9 Å². The molecule has 1 fully saturated rings. The van der Waals surface area contributed by atoms with Crippen LogP contribution < -0.4 is 5.73 Å². The van der Waals surface area contributed by atoms with Crippen molar-refractivity contribution < 1.29 is 4.74 Å². The standard InChI is InChI=1S/C11H16ClNOS/c1-7-6-15-11(9(7)12)10(13)8-3-2-4-14-5-8/h6,8,10H,2-5,13H2,1H3. The molecule has 2 rings (SSSR count). The lowest BCUT2D eigenvalue weighted by Crippen LogP contribution is -2.28. The summed E-state index contributed by atoms with van der Waals surface area (Å²) in [4.78, 5) is 1.12. The maximum absolute atomic E-state index is 6.23. The maximum atomic E-state index is 6.23. The Bertz CT molecular complexity index is 333. The van der Waals surface area contributed by atoms with Gasteiger partial charge >= 0.3 is 0 Å². The highest BCUT2D eigenvalue weighted by molar-refractivity contribution is 7.10. The van der Waals surface area contributed by atoms with E-state index >= 15 is 0 Å². The van der Waals surface area contributed by atoms with E-state index in [0.717, 1.165) is 41.5 Å². The first-order valence-corrected chi connectivity index (χ1v) is 6.52. The summed E-state index contributed by atoms with van der Waals surface area (Å²) in [7, 11) is 0. The summed E-state index contributed by atoms with van der Waals surface area (Å²) in [6.45, 7) is 3.67. The normalized spacial score (nSPS) is 24.1. The first kappa shape index (κ1) is 11.4. The average molecular weight is 246 g/mol. The van der Waals surface area contributed by atoms with Gasteiger partial charge < -0.3 is 10.5 Å². The predicted octanol–water partition coefficient (Wildman–Crippen LogP) is 3.14. The van der Waals surface area contributed by atoms with Gasteiger partial charge in [-0.25, -0.2) is 0 Å². The van der Waals surface area contributed by atoms with E-state index in [-0.39, 0.29) is 6.04 Å². The van der Waals surface area contributed by atoms with Crippen molar-refractivity contribution in [2.24, 2.45) is 11.7 Å². The predicted molar refractivity (Wildman–Crippen MR) is 64.5 cm³/mol. The number of aryl methyl sites for hydroxylation is 1. The Morgan fingerprint density at radius 2 is 2.47 bits per heavy atom. The molecule has 84 valence electrons. The topological polar surface area (TPSA) is 35.2 Å². The number of hydrogen-bond donors (Lipinski definition) is 1. The van der Waals surface area contributed by atoms with Gasteiger partial charge in [-0.2, -0.15) is 0 Å². The van der Waals surface area contributed by atoms with Gasteiger partial charge in [0.2, 0.25) is 0 Å². The van der Waals surface area contributed by atoms with E-state index in [2.05, 4.69) is 5.38 Å². The Hall–Kier alpha value is -0.0900. The SMILES string of the molecule is Cc1csc(C(N)C2CCCOC2)c1Cl. The Kier molecular flexibility index (Phi) is 3.67. The molecule has 1 saturated heterocycles. The minimum Gasteiger partial charge on any atom is -0.381 e. The van der Waals surface area contributed by atoms with Gasteiger partial charge in [-0.15, -0.1) is 11.3 Å². The van der Waals surface area contributed by atoms with Crippen molar-refractivity contribution in [1.82, 2.24) is 0 Å². The fourth-order valence-electron chi connectivity index (χ4n) is 1.94. The van der Waals surface area contributed by atoms with Gasteiger partial charge in [0, 0.05) is 23.4 Å². The number of ether oxygens (including phenoxy) is 1. The first-order chi connectivity index (χ1) is 7.20. The largest absolute Gasteiger partial charge is 0.381 e. The van der Waals surface area contributed by atoms with Gasteiger partial charge in [0.1, 0.15) is 0 Å². The van der Waals surface area contributed by atoms with Crippen LogP contribution in [0.5, 0.6) is 0 Å². The van der Waals surface area contributed by atoms with Gasteiger partial charge in [0.05, 0.1) is 11.6 Å². The fourth-order valence-corrected chi connectivity index (χ4v) is 3.35. The molecule has 2 N–H and O–H groups in total. The molecule has 1 aromatic heterocycles. The minimum absolute atomic E-state index is 0.0384. The van der Waals surface area contributed by atoms with Crippen molar-refractivity contribution in [3.8, 4) is 0 Å². The van der Waals surface area contributed by atoms with Crippen LogP contribution in [0, 0.1) is 12.8 Å². The van der Waals surface area contributed by atoms with Crippen molar-refractivity contribution in [2.75, 3.05) is 13.2 Å². The average Bonchev–Trinajstić information content (AvgIpc) is 2.60. The second-order valence-electron chi connectivity index (χ2n) is 4.10. The number of nitrogens with two attached hydrogens (primary N) is 1. The molecule has 0 saturated carbocycles. The van der Waals surface area contributed by atoms with E-state index in [9.17, 15) is 0 Å². The molecule has 0 bridgehead atoms. The molecule has 15 heavy (non-hydrogen) atoms. The van der Waals surface area contributed by atoms with Gasteiger partial charge in [-0.3, -0.25) is 0 Å². The molecule has 0 amide bonds. The summed E-state index contributed by atoms with van der Waals surface area (Å²) in [6.07, 6.45) is 2.26. The molecule has 0 aliphatic carbocycles. The Labute approximate surface area is 99.4 Å². The smallest absolute Gasteiger partial charge is 0.0590 e. The highest BCUT2D eigenvalue weighted by Crippen LogP contribution is 2.36. The molecular weight excluding hydrogens is 230 g/mol. The number of hydrogen-bond acceptors (Lipinski definition) is 3. The third-order valence-electron chi connectivity index (χ3n) is 2.93. The van der Waals surface area contributed by atoms with Crippen LogP contribution in [0.4, 0.5) is 0 Å². The second kappa shape index (κ2) is 4.83. The van der Waals surface area contributed by atoms with Crippen LogP contribution in [-0.4, -0.2) is 13.2 Å². The summed E-state index contributed by atoms with van der Waals surface area (Å²) in [5, 5.41) is 2.92. The zero-order valence-corrected chi connectivity index (χ0v) is 10.4. The summed E-state index contributed by atoms with van der Waals surface area (Å²) >= 11 is 7.88. The van der Waals surface area contributed by atoms with Crippen molar-refractivity contribution in [2.45, 2.75) is 25.8 Å². The molecule has 1 aliphatic rings. The van der Waals surface area contributed by atoms with Gasteiger partial charge in [-0.1, -0.05) is 11.6 Å². The molecule has 2 unspecified atom stereocenters. The van der Waals surface area contributed by atoms with Crippen molar-refractivity contribution in [3.05, 3.63) is 20.8 Å². The quantitative estimate of drug-likeness (QED) is 0.869. The van der Waals surface area contributed by atoms with Gasteiger partial charge in [-0.05, 0) is 30.7 Å². The molecule has 2 atom stereocenters. The van der Waals surface area contributed by atoms with Crippen LogP contribution in [0.25, 0.3) is 0 Å². The van der Waals surface area contributed by atoms with E-state index in [1.54, 1.807) is 11.3 Å². The lowest BCUT2D eigenvalue weighted by atomic mass is 9.93. The fraction of sp³-hybridized carbons (Fsp3) is 0.636. The highest BCUT2D eigenvalue weighted by atomic mass is 35.5. The third kappa shape index (κ3) is 2.36. The second-order valence-corrected chi connectivity index (χ2v) is 5.39. The van der Waals surface area contributed by atoms with E-state index in [0.29, 0.717) is 5.92 Å². The molecule has 0 radical (unpaired) electrons. The summed E-state index contributed by atoms with van der Waals surface area (Å²) in [5.74, 6) is 0.425. The van der Waals surface area contributed by atoms with Crippen LogP contribution in [0.3, 0.4) is 0 Å². The molecule has 2 nitrogen and oxygen atoms in total.